The zero-order valence-electron chi connectivity index (χ0n) is 27.9. The van der Waals surface area contributed by atoms with Crippen LogP contribution in [0.2, 0.25) is 0 Å². The summed E-state index contributed by atoms with van der Waals surface area (Å²) >= 11 is 0. The van der Waals surface area contributed by atoms with Gasteiger partial charge in [0.15, 0.2) is 0 Å². The Morgan fingerprint density at radius 1 is 0.609 bits per heavy atom. The first-order chi connectivity index (χ1) is 20.5. The second-order valence-electron chi connectivity index (χ2n) is 14.2. The van der Waals surface area contributed by atoms with E-state index in [4.69, 9.17) is 0 Å². The number of halogens is 2. The third-order valence-electron chi connectivity index (χ3n) is 9.28. The van der Waals surface area contributed by atoms with Crippen LogP contribution in [0.25, 0.3) is 0 Å². The van der Waals surface area contributed by atoms with Crippen LogP contribution >= 0.6 is 0 Å². The van der Waals surface area contributed by atoms with E-state index in [-0.39, 0.29) is 61.8 Å². The Kier molecular flexibility index (Phi) is 13.1. The minimum atomic E-state index is -0.512. The summed E-state index contributed by atoms with van der Waals surface area (Å²) in [5.41, 5.74) is 4.85. The Morgan fingerprint density at radius 2 is 1.07 bits per heavy atom. The van der Waals surface area contributed by atoms with Crippen molar-refractivity contribution in [2.45, 2.75) is 59.8 Å². The maximum absolute atomic E-state index is 3.99. The van der Waals surface area contributed by atoms with E-state index in [9.17, 15) is 0 Å². The Labute approximate surface area is 312 Å². The molecule has 46 heavy (non-hydrogen) atoms. The fourth-order valence-electron chi connectivity index (χ4n) is 6.91. The Balaban J connectivity index is 0.00000192. The zero-order chi connectivity index (χ0) is 30.4. The standard InChI is InChI=1S/C43H44.2ClH.Zr/c1-8-9-16-30-21-22-35(27-30)43(31-17-12-10-13-18-31,32-19-14-11-15-20-32)40-38-28-33(41(2,3)4)23-25-36(38)37-26-24-34(29-39(37)40)42(5,6)7;;;/h8,10-15,17-29H,1,9,16H2,2-7H3;2*1H;/q;;;+4/p-2. The minimum absolute atomic E-state index is 0. The molecule has 2 aromatic rings. The molecule has 4 aliphatic rings. The van der Waals surface area contributed by atoms with Crippen molar-refractivity contribution >= 4 is 0 Å². The second kappa shape index (κ2) is 15.4. The summed E-state index contributed by atoms with van der Waals surface area (Å²) in [7, 11) is 0. The molecule has 6 rings (SSSR count). The van der Waals surface area contributed by atoms with Gasteiger partial charge in [-0.2, -0.15) is 0 Å². The van der Waals surface area contributed by atoms with E-state index in [0.29, 0.717) is 0 Å². The number of benzene rings is 2. The van der Waals surface area contributed by atoms with Gasteiger partial charge in [0.25, 0.3) is 0 Å². The van der Waals surface area contributed by atoms with E-state index >= 15 is 0 Å². The van der Waals surface area contributed by atoms with Crippen molar-refractivity contribution in [3.05, 3.63) is 193 Å². The van der Waals surface area contributed by atoms with Crippen LogP contribution in [-0.4, -0.2) is 0 Å². The molecule has 0 aromatic heterocycles. The third kappa shape index (κ3) is 7.14. The largest absolute Gasteiger partial charge is 4.00 e. The molecular formula is C43H44Cl2Zr+2. The molecule has 4 aliphatic carbocycles. The second-order valence-corrected chi connectivity index (χ2v) is 14.2. The van der Waals surface area contributed by atoms with Crippen LogP contribution in [0.5, 0.6) is 0 Å². The van der Waals surface area contributed by atoms with Gasteiger partial charge in [-0.05, 0) is 77.0 Å². The number of hydrogen-bond acceptors (Lipinski definition) is 0. The maximum atomic E-state index is 3.99. The van der Waals surface area contributed by atoms with E-state index in [1.807, 2.05) is 6.08 Å². The summed E-state index contributed by atoms with van der Waals surface area (Å²) in [4.78, 5) is 0. The van der Waals surface area contributed by atoms with Crippen molar-refractivity contribution in [2.24, 2.45) is 10.8 Å². The number of rotatable bonds is 7. The van der Waals surface area contributed by atoms with Gasteiger partial charge in [0.1, 0.15) is 0 Å². The van der Waals surface area contributed by atoms with Crippen LogP contribution < -0.4 is 24.8 Å². The van der Waals surface area contributed by atoms with E-state index in [2.05, 4.69) is 165 Å². The van der Waals surface area contributed by atoms with Gasteiger partial charge >= 0.3 is 26.2 Å². The molecular weight excluding hydrogens is 679 g/mol. The van der Waals surface area contributed by atoms with E-state index in [1.165, 1.54) is 63.7 Å². The van der Waals surface area contributed by atoms with Gasteiger partial charge in [0, 0.05) is 35.0 Å². The fourth-order valence-corrected chi connectivity index (χ4v) is 6.91. The van der Waals surface area contributed by atoms with Crippen molar-refractivity contribution in [1.82, 2.24) is 0 Å². The monoisotopic (exact) mass is 720 g/mol. The van der Waals surface area contributed by atoms with Crippen LogP contribution in [0, 0.1) is 71.5 Å². The molecule has 0 atom stereocenters. The SMILES string of the molecule is C=CCC[C]1[CH][CH][C](C([C]2[C]3C=C(C(C)(C)C)C=C[C]3[C]3C=CC(C(C)(C)C)=C[C]32)(c2ccccc2)c2ccccc2)[CH]1.[Cl-].[Cl-].[Zr+4]. The molecule has 2 aromatic carbocycles. The van der Waals surface area contributed by atoms with Crippen molar-refractivity contribution in [2.75, 3.05) is 0 Å². The third-order valence-corrected chi connectivity index (χ3v) is 9.28. The number of allylic oxidation sites excluding steroid dienone is 9. The molecule has 0 nitrogen and oxygen atoms in total. The Bertz CT molecular complexity index is 1330. The van der Waals surface area contributed by atoms with E-state index < -0.39 is 5.41 Å². The molecule has 10 radical (unpaired) electrons. The van der Waals surface area contributed by atoms with Crippen LogP contribution in [0.15, 0.2) is 121 Å². The average molecular weight is 723 g/mol. The summed E-state index contributed by atoms with van der Waals surface area (Å²) < 4.78 is 0. The van der Waals surface area contributed by atoms with Crippen molar-refractivity contribution in [1.29, 1.82) is 0 Å². The van der Waals surface area contributed by atoms with Crippen LogP contribution in [0.3, 0.4) is 0 Å². The van der Waals surface area contributed by atoms with Gasteiger partial charge < -0.3 is 24.8 Å². The number of fused-ring (bicyclic) bond motifs is 3. The van der Waals surface area contributed by atoms with Crippen LogP contribution in [0.4, 0.5) is 0 Å². The van der Waals surface area contributed by atoms with Gasteiger partial charge in [-0.25, -0.2) is 0 Å². The molecule has 3 heteroatoms. The topological polar surface area (TPSA) is 0 Å². The summed E-state index contributed by atoms with van der Waals surface area (Å²) in [5, 5.41) is 0. The summed E-state index contributed by atoms with van der Waals surface area (Å²) in [6, 6.07) is 22.4. The van der Waals surface area contributed by atoms with Crippen molar-refractivity contribution in [3.63, 3.8) is 0 Å². The molecule has 0 aliphatic heterocycles. The summed E-state index contributed by atoms with van der Waals surface area (Å²) in [6.45, 7) is 17.9. The van der Waals surface area contributed by atoms with Gasteiger partial charge in [0.2, 0.25) is 0 Å². The molecule has 0 saturated heterocycles. The first kappa shape index (κ1) is 39.0. The Morgan fingerprint density at radius 3 is 1.48 bits per heavy atom. The molecule has 232 valence electrons. The number of hydrogen-bond donors (Lipinski definition) is 0. The van der Waals surface area contributed by atoms with Gasteiger partial charge in [0.05, 0.1) is 0 Å². The quantitative estimate of drug-likeness (QED) is 0.365. The van der Waals surface area contributed by atoms with E-state index in [1.54, 1.807) is 0 Å². The molecule has 0 heterocycles. The fraction of sp³-hybridized carbons (Fsp3) is 0.256. The van der Waals surface area contributed by atoms with Gasteiger partial charge in [-0.1, -0.05) is 145 Å². The predicted octanol–water partition coefficient (Wildman–Crippen LogP) is 4.69. The van der Waals surface area contributed by atoms with Crippen molar-refractivity contribution in [3.8, 4) is 0 Å². The first-order valence-corrected chi connectivity index (χ1v) is 15.7. The smallest absolute Gasteiger partial charge is 1.00 e. The maximum Gasteiger partial charge on any atom is 4.00 e. The summed E-state index contributed by atoms with van der Waals surface area (Å²) in [5.74, 6) is 9.40. The Hall–Kier alpha value is -1.40. The van der Waals surface area contributed by atoms with Crippen LogP contribution in [-0.2, 0) is 31.6 Å². The molecule has 2 saturated carbocycles. The van der Waals surface area contributed by atoms with E-state index in [0.717, 1.165) is 12.8 Å². The zero-order valence-corrected chi connectivity index (χ0v) is 31.9. The molecule has 0 amide bonds. The predicted molar refractivity (Wildman–Crippen MR) is 182 cm³/mol. The van der Waals surface area contributed by atoms with Gasteiger partial charge in [-0.3, -0.25) is 0 Å². The molecule has 2 fully saturated rings. The molecule has 0 unspecified atom stereocenters. The molecule has 0 spiro atoms. The van der Waals surface area contributed by atoms with Crippen LogP contribution in [0.1, 0.15) is 65.5 Å². The van der Waals surface area contributed by atoms with Gasteiger partial charge in [-0.15, -0.1) is 6.58 Å². The normalized spacial score (nSPS) is 20.2. The average Bonchev–Trinajstić information content (AvgIpc) is 3.60. The molecule has 0 N–H and O–H groups in total. The molecule has 0 bridgehead atoms. The first-order valence-electron chi connectivity index (χ1n) is 15.7. The summed E-state index contributed by atoms with van der Waals surface area (Å²) in [6.07, 6.45) is 25.6. The minimum Gasteiger partial charge on any atom is -1.00 e. The van der Waals surface area contributed by atoms with Crippen molar-refractivity contribution < 1.29 is 51.0 Å².